The van der Waals surface area contributed by atoms with Crippen LogP contribution in [-0.2, 0) is 13.0 Å². The van der Waals surface area contributed by atoms with Crippen molar-refractivity contribution < 1.29 is 9.32 Å². The summed E-state index contributed by atoms with van der Waals surface area (Å²) in [4.78, 5) is 23.7. The minimum atomic E-state index is -0.551. The number of nitrogens with zero attached hydrogens (tertiary/aromatic N) is 4. The van der Waals surface area contributed by atoms with Gasteiger partial charge in [0.05, 0.1) is 16.6 Å². The number of aryl methyl sites for hydroxylation is 1. The first-order valence-electron chi connectivity index (χ1n) is 10.7. The van der Waals surface area contributed by atoms with Gasteiger partial charge in [-0.15, -0.1) is 0 Å². The first kappa shape index (κ1) is 20.0. The SMILES string of the molecule is CN1CCCCc2nc(-c3onc4c(C(N)=O)cccc34)nc(NCc3ccccc3)c21. The number of rotatable bonds is 5. The van der Waals surface area contributed by atoms with Crippen molar-refractivity contribution in [3.63, 3.8) is 0 Å². The molecule has 0 bridgehead atoms. The lowest BCUT2D eigenvalue weighted by Crippen LogP contribution is -2.21. The molecule has 0 atom stereocenters. The van der Waals surface area contributed by atoms with Crippen LogP contribution in [0.25, 0.3) is 22.5 Å². The molecule has 3 heterocycles. The lowest BCUT2D eigenvalue weighted by Gasteiger charge is -2.22. The summed E-state index contributed by atoms with van der Waals surface area (Å²) < 4.78 is 5.63. The zero-order valence-electron chi connectivity index (χ0n) is 17.8. The maximum atomic E-state index is 11.8. The summed E-state index contributed by atoms with van der Waals surface area (Å²) in [5.41, 5.74) is 9.39. The fraction of sp³-hybridized carbons (Fsp3) is 0.250. The smallest absolute Gasteiger partial charge is 0.251 e. The summed E-state index contributed by atoms with van der Waals surface area (Å²) in [5.74, 6) is 1.08. The number of anilines is 2. The molecule has 2 aromatic carbocycles. The van der Waals surface area contributed by atoms with Crippen LogP contribution in [0.3, 0.4) is 0 Å². The number of nitrogens with one attached hydrogen (secondary N) is 1. The van der Waals surface area contributed by atoms with E-state index in [1.807, 2.05) is 24.3 Å². The molecule has 0 aliphatic carbocycles. The van der Waals surface area contributed by atoms with Gasteiger partial charge in [-0.3, -0.25) is 4.79 Å². The number of carbonyl (C=O) groups is 1. The molecule has 32 heavy (non-hydrogen) atoms. The van der Waals surface area contributed by atoms with Crippen LogP contribution in [0.2, 0.25) is 0 Å². The highest BCUT2D eigenvalue weighted by Gasteiger charge is 2.24. The Morgan fingerprint density at radius 3 is 2.78 bits per heavy atom. The lowest BCUT2D eigenvalue weighted by molar-refractivity contribution is 0.100. The number of fused-ring (bicyclic) bond motifs is 2. The van der Waals surface area contributed by atoms with Crippen LogP contribution in [0, 0.1) is 0 Å². The van der Waals surface area contributed by atoms with Crippen molar-refractivity contribution in [3.05, 3.63) is 65.4 Å². The highest BCUT2D eigenvalue weighted by Crippen LogP contribution is 2.35. The van der Waals surface area contributed by atoms with E-state index in [0.29, 0.717) is 34.6 Å². The number of benzene rings is 2. The Morgan fingerprint density at radius 1 is 1.12 bits per heavy atom. The minimum Gasteiger partial charge on any atom is -0.370 e. The van der Waals surface area contributed by atoms with Gasteiger partial charge in [-0.05, 0) is 37.0 Å². The highest BCUT2D eigenvalue weighted by molar-refractivity contribution is 6.07. The molecule has 0 unspecified atom stereocenters. The average molecular weight is 428 g/mol. The molecule has 1 aliphatic rings. The van der Waals surface area contributed by atoms with Crippen LogP contribution in [0.4, 0.5) is 11.5 Å². The Morgan fingerprint density at radius 2 is 1.97 bits per heavy atom. The molecule has 5 rings (SSSR count). The van der Waals surface area contributed by atoms with Crippen molar-refractivity contribution in [3.8, 4) is 11.6 Å². The number of nitrogens with two attached hydrogens (primary N) is 1. The van der Waals surface area contributed by atoms with E-state index in [4.69, 9.17) is 20.2 Å². The van der Waals surface area contributed by atoms with Gasteiger partial charge in [0.2, 0.25) is 11.6 Å². The van der Waals surface area contributed by atoms with Crippen LogP contribution in [0.5, 0.6) is 0 Å². The van der Waals surface area contributed by atoms with Crippen LogP contribution in [0.15, 0.2) is 53.1 Å². The van der Waals surface area contributed by atoms with Crippen LogP contribution in [-0.4, -0.2) is 34.6 Å². The van der Waals surface area contributed by atoms with Crippen molar-refractivity contribution in [2.45, 2.75) is 25.8 Å². The standard InChI is InChI=1S/C24H24N6O2/c1-30-13-6-5-12-18-20(30)23(26-14-15-8-3-2-4-9-15)28-24(27-18)21-16-10-7-11-17(22(25)31)19(16)29-32-21/h2-4,7-11H,5-6,12-14H2,1H3,(H2,25,31)(H,26,27,28). The van der Waals surface area contributed by atoms with Crippen LogP contribution >= 0.6 is 0 Å². The molecule has 162 valence electrons. The summed E-state index contributed by atoms with van der Waals surface area (Å²) in [6.45, 7) is 1.59. The fourth-order valence-electron chi connectivity index (χ4n) is 4.16. The maximum Gasteiger partial charge on any atom is 0.251 e. The Labute approximate surface area is 185 Å². The van der Waals surface area contributed by atoms with Gasteiger partial charge in [-0.1, -0.05) is 41.6 Å². The monoisotopic (exact) mass is 428 g/mol. The Hall–Kier alpha value is -3.94. The Kier molecular flexibility index (Phi) is 5.18. The quantitative estimate of drug-likeness (QED) is 0.498. The molecule has 0 spiro atoms. The number of aromatic nitrogens is 3. The van der Waals surface area contributed by atoms with E-state index in [9.17, 15) is 4.79 Å². The molecule has 1 aliphatic heterocycles. The number of carbonyl (C=O) groups excluding carboxylic acids is 1. The second-order valence-corrected chi connectivity index (χ2v) is 7.99. The molecular weight excluding hydrogens is 404 g/mol. The van der Waals surface area contributed by atoms with Crippen molar-refractivity contribution in [2.24, 2.45) is 5.73 Å². The molecular formula is C24H24N6O2. The third kappa shape index (κ3) is 3.64. The lowest BCUT2D eigenvalue weighted by atomic mass is 10.1. The zero-order chi connectivity index (χ0) is 22.1. The van der Waals surface area contributed by atoms with Gasteiger partial charge in [0.15, 0.2) is 5.82 Å². The van der Waals surface area contributed by atoms with Gasteiger partial charge in [-0.2, -0.15) is 0 Å². The molecule has 0 saturated heterocycles. The Bertz CT molecular complexity index is 1280. The number of primary amides is 1. The summed E-state index contributed by atoms with van der Waals surface area (Å²) in [6.07, 6.45) is 3.00. The van der Waals surface area contributed by atoms with E-state index in [0.717, 1.165) is 48.6 Å². The van der Waals surface area contributed by atoms with Gasteiger partial charge >= 0.3 is 0 Å². The third-order valence-electron chi connectivity index (χ3n) is 5.78. The van der Waals surface area contributed by atoms with E-state index in [2.05, 4.69) is 34.6 Å². The van der Waals surface area contributed by atoms with E-state index >= 15 is 0 Å². The largest absolute Gasteiger partial charge is 0.370 e. The van der Waals surface area contributed by atoms with E-state index in [-0.39, 0.29) is 0 Å². The Balaban J connectivity index is 1.62. The fourth-order valence-corrected chi connectivity index (χ4v) is 4.16. The normalized spacial score (nSPS) is 13.6. The predicted octanol–water partition coefficient (Wildman–Crippen LogP) is 3.77. The van der Waals surface area contributed by atoms with Crippen molar-refractivity contribution >= 4 is 28.3 Å². The second kappa shape index (κ2) is 8.30. The predicted molar refractivity (Wildman–Crippen MR) is 124 cm³/mol. The van der Waals surface area contributed by atoms with Crippen molar-refractivity contribution in [1.82, 2.24) is 15.1 Å². The van der Waals surface area contributed by atoms with E-state index in [1.54, 1.807) is 12.1 Å². The molecule has 0 saturated carbocycles. The molecule has 3 N–H and O–H groups in total. The van der Waals surface area contributed by atoms with E-state index in [1.165, 1.54) is 0 Å². The second-order valence-electron chi connectivity index (χ2n) is 7.99. The molecule has 0 fully saturated rings. The third-order valence-corrected chi connectivity index (χ3v) is 5.78. The minimum absolute atomic E-state index is 0.314. The number of hydrogen-bond acceptors (Lipinski definition) is 7. The van der Waals surface area contributed by atoms with Gasteiger partial charge in [-0.25, -0.2) is 9.97 Å². The summed E-state index contributed by atoms with van der Waals surface area (Å²) in [7, 11) is 2.07. The summed E-state index contributed by atoms with van der Waals surface area (Å²) in [6, 6.07) is 15.4. The van der Waals surface area contributed by atoms with Gasteiger partial charge in [0.25, 0.3) is 5.91 Å². The molecule has 0 radical (unpaired) electrons. The maximum absolute atomic E-state index is 11.8. The van der Waals surface area contributed by atoms with E-state index < -0.39 is 5.91 Å². The van der Waals surface area contributed by atoms with Gasteiger partial charge in [0, 0.05) is 20.1 Å². The molecule has 8 nitrogen and oxygen atoms in total. The average Bonchev–Trinajstić information content (AvgIpc) is 3.15. The topological polar surface area (TPSA) is 110 Å². The molecule has 8 heteroatoms. The molecule has 2 aromatic heterocycles. The number of amides is 1. The molecule has 4 aromatic rings. The van der Waals surface area contributed by atoms with Crippen LogP contribution in [0.1, 0.15) is 34.5 Å². The highest BCUT2D eigenvalue weighted by atomic mass is 16.5. The summed E-state index contributed by atoms with van der Waals surface area (Å²) in [5, 5.41) is 8.26. The number of hydrogen-bond donors (Lipinski definition) is 2. The van der Waals surface area contributed by atoms with Crippen molar-refractivity contribution in [2.75, 3.05) is 23.8 Å². The van der Waals surface area contributed by atoms with Crippen LogP contribution < -0.4 is 16.0 Å². The van der Waals surface area contributed by atoms with Gasteiger partial charge in [0.1, 0.15) is 11.2 Å². The first-order chi connectivity index (χ1) is 15.6. The zero-order valence-corrected chi connectivity index (χ0v) is 17.8. The summed E-state index contributed by atoms with van der Waals surface area (Å²) >= 11 is 0. The molecule has 1 amide bonds. The van der Waals surface area contributed by atoms with Crippen molar-refractivity contribution in [1.29, 1.82) is 0 Å². The van der Waals surface area contributed by atoms with Gasteiger partial charge < -0.3 is 20.5 Å². The first-order valence-corrected chi connectivity index (χ1v) is 10.7.